The largest absolute Gasteiger partial charge is 0.345 e. The van der Waals surface area contributed by atoms with Crippen LogP contribution in [0.5, 0.6) is 0 Å². The maximum Gasteiger partial charge on any atom is 0.259 e. The summed E-state index contributed by atoms with van der Waals surface area (Å²) >= 11 is 0. The summed E-state index contributed by atoms with van der Waals surface area (Å²) in [7, 11) is 0. The molecule has 1 saturated carbocycles. The number of nitrogens with one attached hydrogen (secondary N) is 2. The lowest BCUT2D eigenvalue weighted by Gasteiger charge is -2.06. The minimum Gasteiger partial charge on any atom is -0.345 e. The summed E-state index contributed by atoms with van der Waals surface area (Å²) in [6, 6.07) is 5.50. The molecule has 0 unspecified atom stereocenters. The molecule has 28 heavy (non-hydrogen) atoms. The van der Waals surface area contributed by atoms with E-state index in [0.717, 1.165) is 24.1 Å². The number of amides is 1. The molecule has 9 heteroatoms. The number of H-pyrrole nitrogens is 1. The normalized spacial score (nSPS) is 13.8. The SMILES string of the molecule is Cc1noc2nc(C3CC3)cc(C(=O)NCc3nc(-c4ccncc4)n[nH]3)c12. The fraction of sp³-hybridized carbons (Fsp3) is 0.263. The van der Waals surface area contributed by atoms with E-state index in [2.05, 4.69) is 35.6 Å². The van der Waals surface area contributed by atoms with Crippen molar-refractivity contribution >= 4 is 17.0 Å². The van der Waals surface area contributed by atoms with E-state index in [1.165, 1.54) is 0 Å². The van der Waals surface area contributed by atoms with Crippen molar-refractivity contribution in [2.75, 3.05) is 0 Å². The first kappa shape index (κ1) is 16.5. The van der Waals surface area contributed by atoms with E-state index in [0.29, 0.717) is 39.9 Å². The van der Waals surface area contributed by atoms with E-state index in [1.54, 1.807) is 19.3 Å². The van der Waals surface area contributed by atoms with E-state index < -0.39 is 0 Å². The maximum absolute atomic E-state index is 12.9. The standard InChI is InChI=1S/C19H17N7O2/c1-10-16-13(8-14(11-2-3-11)22-19(16)28-26-10)18(27)21-9-15-23-17(25-24-15)12-4-6-20-7-5-12/h4-8,11H,2-3,9H2,1H3,(H,21,27)(H,23,24,25). The molecule has 0 radical (unpaired) electrons. The molecule has 4 aromatic heterocycles. The Morgan fingerprint density at radius 1 is 1.29 bits per heavy atom. The molecule has 4 heterocycles. The number of rotatable bonds is 5. The minimum atomic E-state index is -0.220. The molecule has 1 aliphatic carbocycles. The van der Waals surface area contributed by atoms with Gasteiger partial charge in [0.2, 0.25) is 0 Å². The Labute approximate surface area is 159 Å². The third-order valence-corrected chi connectivity index (χ3v) is 4.76. The minimum absolute atomic E-state index is 0.220. The predicted octanol–water partition coefficient (Wildman–Crippen LogP) is 2.52. The maximum atomic E-state index is 12.9. The van der Waals surface area contributed by atoms with Crippen LogP contribution in [0.15, 0.2) is 35.1 Å². The van der Waals surface area contributed by atoms with E-state index in [-0.39, 0.29) is 12.5 Å². The van der Waals surface area contributed by atoms with Crippen LogP contribution in [0, 0.1) is 6.92 Å². The zero-order chi connectivity index (χ0) is 19.1. The predicted molar refractivity (Wildman–Crippen MR) is 99.3 cm³/mol. The lowest BCUT2D eigenvalue weighted by atomic mass is 10.1. The van der Waals surface area contributed by atoms with Crippen LogP contribution in [-0.2, 0) is 6.54 Å². The Balaban J connectivity index is 1.37. The zero-order valence-corrected chi connectivity index (χ0v) is 15.1. The lowest BCUT2D eigenvalue weighted by molar-refractivity contribution is 0.0951. The van der Waals surface area contributed by atoms with Crippen LogP contribution in [-0.4, -0.2) is 36.2 Å². The molecule has 0 bridgehead atoms. The smallest absolute Gasteiger partial charge is 0.259 e. The van der Waals surface area contributed by atoms with Gasteiger partial charge in [-0.25, -0.2) is 9.97 Å². The number of carbonyl (C=O) groups excluding carboxylic acids is 1. The first-order valence-corrected chi connectivity index (χ1v) is 9.06. The number of pyridine rings is 2. The summed E-state index contributed by atoms with van der Waals surface area (Å²) in [5.41, 5.74) is 3.32. The molecule has 0 atom stereocenters. The van der Waals surface area contributed by atoms with Gasteiger partial charge in [-0.3, -0.25) is 14.9 Å². The summed E-state index contributed by atoms with van der Waals surface area (Å²) in [6.45, 7) is 2.03. The first-order chi connectivity index (χ1) is 13.7. The summed E-state index contributed by atoms with van der Waals surface area (Å²) in [5.74, 6) is 1.31. The van der Waals surface area contributed by atoms with Crippen molar-refractivity contribution in [3.8, 4) is 11.4 Å². The summed E-state index contributed by atoms with van der Waals surface area (Å²) in [6.07, 6.45) is 5.53. The second kappa shape index (κ2) is 6.52. The second-order valence-electron chi connectivity index (χ2n) is 6.84. The van der Waals surface area contributed by atoms with Crippen molar-refractivity contribution in [2.45, 2.75) is 32.2 Å². The van der Waals surface area contributed by atoms with E-state index >= 15 is 0 Å². The average molecular weight is 375 g/mol. The van der Waals surface area contributed by atoms with Crippen molar-refractivity contribution in [1.29, 1.82) is 0 Å². The van der Waals surface area contributed by atoms with Crippen LogP contribution in [0.2, 0.25) is 0 Å². The molecule has 5 rings (SSSR count). The summed E-state index contributed by atoms with van der Waals surface area (Å²) in [4.78, 5) is 25.8. The Morgan fingerprint density at radius 3 is 2.89 bits per heavy atom. The Kier molecular flexibility index (Phi) is 3.85. The molecule has 9 nitrogen and oxygen atoms in total. The van der Waals surface area contributed by atoms with E-state index in [4.69, 9.17) is 4.52 Å². The van der Waals surface area contributed by atoms with Gasteiger partial charge in [-0.15, -0.1) is 0 Å². The van der Waals surface area contributed by atoms with Crippen LogP contribution in [0.1, 0.15) is 46.3 Å². The third-order valence-electron chi connectivity index (χ3n) is 4.76. The van der Waals surface area contributed by atoms with Gasteiger partial charge in [0, 0.05) is 29.6 Å². The molecule has 140 valence electrons. The lowest BCUT2D eigenvalue weighted by Crippen LogP contribution is -2.24. The van der Waals surface area contributed by atoms with Gasteiger partial charge in [0.1, 0.15) is 5.82 Å². The van der Waals surface area contributed by atoms with Gasteiger partial charge in [0.05, 0.1) is 23.2 Å². The number of nitrogens with zero attached hydrogens (tertiary/aromatic N) is 5. The molecule has 1 amide bonds. The van der Waals surface area contributed by atoms with Gasteiger partial charge in [0.25, 0.3) is 11.6 Å². The summed E-state index contributed by atoms with van der Waals surface area (Å²) in [5, 5.41) is 14.6. The van der Waals surface area contributed by atoms with Gasteiger partial charge in [-0.05, 0) is 38.0 Å². The number of aryl methyl sites for hydroxylation is 1. The number of fused-ring (bicyclic) bond motifs is 1. The molecule has 0 aliphatic heterocycles. The molecule has 1 fully saturated rings. The number of hydrogen-bond donors (Lipinski definition) is 2. The number of aromatic amines is 1. The quantitative estimate of drug-likeness (QED) is 0.549. The highest BCUT2D eigenvalue weighted by Gasteiger charge is 2.28. The van der Waals surface area contributed by atoms with Crippen LogP contribution in [0.3, 0.4) is 0 Å². The van der Waals surface area contributed by atoms with Gasteiger partial charge in [-0.2, -0.15) is 5.10 Å². The number of hydrogen-bond acceptors (Lipinski definition) is 7. The monoisotopic (exact) mass is 375 g/mol. The molecule has 0 saturated heterocycles. The molecule has 4 aromatic rings. The average Bonchev–Trinajstić information content (AvgIpc) is 3.36. The van der Waals surface area contributed by atoms with Crippen molar-refractivity contribution in [3.63, 3.8) is 0 Å². The highest BCUT2D eigenvalue weighted by Crippen LogP contribution is 2.40. The zero-order valence-electron chi connectivity index (χ0n) is 15.1. The van der Waals surface area contributed by atoms with Crippen LogP contribution in [0.25, 0.3) is 22.5 Å². The highest BCUT2D eigenvalue weighted by molar-refractivity contribution is 6.06. The fourth-order valence-corrected chi connectivity index (χ4v) is 3.14. The molecular formula is C19H17N7O2. The number of aromatic nitrogens is 6. The molecule has 2 N–H and O–H groups in total. The van der Waals surface area contributed by atoms with Gasteiger partial charge in [-0.1, -0.05) is 5.16 Å². The van der Waals surface area contributed by atoms with Crippen LogP contribution >= 0.6 is 0 Å². The van der Waals surface area contributed by atoms with Gasteiger partial charge >= 0.3 is 0 Å². The van der Waals surface area contributed by atoms with E-state index in [1.807, 2.05) is 18.2 Å². The van der Waals surface area contributed by atoms with Crippen molar-refractivity contribution in [1.82, 2.24) is 35.6 Å². The summed E-state index contributed by atoms with van der Waals surface area (Å²) < 4.78 is 5.30. The Morgan fingerprint density at radius 2 is 2.11 bits per heavy atom. The molecule has 0 aromatic carbocycles. The van der Waals surface area contributed by atoms with E-state index in [9.17, 15) is 4.79 Å². The van der Waals surface area contributed by atoms with Crippen molar-refractivity contribution in [3.05, 3.63) is 53.4 Å². The Bertz CT molecular complexity index is 1160. The van der Waals surface area contributed by atoms with Gasteiger partial charge in [0.15, 0.2) is 5.82 Å². The Hall–Kier alpha value is -3.62. The molecule has 0 spiro atoms. The number of carbonyl (C=O) groups is 1. The molecular weight excluding hydrogens is 358 g/mol. The van der Waals surface area contributed by atoms with Crippen LogP contribution < -0.4 is 5.32 Å². The third kappa shape index (κ3) is 3.00. The fourth-order valence-electron chi connectivity index (χ4n) is 3.14. The van der Waals surface area contributed by atoms with Crippen LogP contribution in [0.4, 0.5) is 0 Å². The molecule has 1 aliphatic rings. The first-order valence-electron chi connectivity index (χ1n) is 9.06. The highest BCUT2D eigenvalue weighted by atomic mass is 16.5. The second-order valence-corrected chi connectivity index (χ2v) is 6.84. The van der Waals surface area contributed by atoms with Crippen molar-refractivity contribution in [2.24, 2.45) is 0 Å². The van der Waals surface area contributed by atoms with Crippen molar-refractivity contribution < 1.29 is 9.32 Å². The van der Waals surface area contributed by atoms with Gasteiger partial charge < -0.3 is 9.84 Å². The topological polar surface area (TPSA) is 122 Å².